The minimum Gasteiger partial charge on any atom is -0.326 e. The van der Waals surface area contributed by atoms with Crippen molar-refractivity contribution in [1.82, 2.24) is 4.90 Å². The summed E-state index contributed by atoms with van der Waals surface area (Å²) in [7, 11) is 0. The van der Waals surface area contributed by atoms with E-state index in [1.54, 1.807) is 0 Å². The molecule has 0 saturated carbocycles. The second kappa shape index (κ2) is 8.19. The van der Waals surface area contributed by atoms with E-state index < -0.39 is 21.6 Å². The Morgan fingerprint density at radius 2 is 1.25 bits per heavy atom. The molecular weight excluding hydrogens is 495 g/mol. The van der Waals surface area contributed by atoms with Gasteiger partial charge < -0.3 is 5.32 Å². The Balaban J connectivity index is 1.34. The van der Waals surface area contributed by atoms with Gasteiger partial charge in [0.2, 0.25) is 17.7 Å². The molecule has 1 saturated heterocycles. The molecule has 1 fully saturated rings. The number of carbonyl (C=O) groups is 3. The van der Waals surface area contributed by atoms with Crippen LogP contribution < -0.4 is 5.32 Å². The number of amides is 3. The Labute approximate surface area is 219 Å². The van der Waals surface area contributed by atoms with Gasteiger partial charge in [0.15, 0.2) is 0 Å². The van der Waals surface area contributed by atoms with Gasteiger partial charge in [-0.25, -0.2) is 0 Å². The number of hydrogen-bond donors (Lipinski definition) is 1. The highest BCUT2D eigenvalue weighted by Crippen LogP contribution is 2.69. The van der Waals surface area contributed by atoms with Crippen molar-refractivity contribution in [3.8, 4) is 0 Å². The topological polar surface area (TPSA) is 66.5 Å². The predicted octanol–water partition coefficient (Wildman–Crippen LogP) is 5.17. The number of nitrogens with zero attached hydrogens (tertiary/aromatic N) is 1. The summed E-state index contributed by atoms with van der Waals surface area (Å²) < 4.78 is 0. The number of nitrogens with one attached hydrogen (secondary N) is 1. The number of para-hydroxylation sites is 1. The van der Waals surface area contributed by atoms with Crippen molar-refractivity contribution >= 4 is 46.6 Å². The van der Waals surface area contributed by atoms with Crippen LogP contribution in [0.2, 0.25) is 0 Å². The molecule has 7 rings (SSSR count). The quantitative estimate of drug-likeness (QED) is 0.374. The average molecular weight is 519 g/mol. The van der Waals surface area contributed by atoms with Gasteiger partial charge in [0.1, 0.15) is 9.75 Å². The Morgan fingerprint density at radius 3 is 1.72 bits per heavy atom. The van der Waals surface area contributed by atoms with E-state index in [2.05, 4.69) is 5.32 Å². The van der Waals surface area contributed by atoms with Gasteiger partial charge in [-0.2, -0.15) is 0 Å². The fourth-order valence-electron chi connectivity index (χ4n) is 6.32. The third-order valence-corrected chi connectivity index (χ3v) is 9.20. The van der Waals surface area contributed by atoms with E-state index in [0.717, 1.165) is 39.9 Å². The first-order valence-electron chi connectivity index (χ1n) is 12.1. The van der Waals surface area contributed by atoms with Crippen LogP contribution in [0.5, 0.6) is 0 Å². The number of benzene rings is 3. The minimum absolute atomic E-state index is 0.0144. The molecule has 36 heavy (non-hydrogen) atoms. The largest absolute Gasteiger partial charge is 0.326 e. The molecule has 5 nitrogen and oxygen atoms in total. The fraction of sp³-hybridized carbons (Fsp3) is 0.276. The van der Waals surface area contributed by atoms with E-state index in [1.165, 1.54) is 4.90 Å². The van der Waals surface area contributed by atoms with Gasteiger partial charge in [0.05, 0.1) is 11.8 Å². The number of likely N-dealkylation sites (tertiary alicyclic amines) is 1. The number of imide groups is 1. The molecule has 0 unspecified atom stereocenters. The number of anilines is 1. The molecule has 3 aliphatic carbocycles. The fourth-order valence-corrected chi connectivity index (χ4v) is 7.42. The standard InChI is InChI=1S/C29H24Cl2N2O3/c1-2-17-9-3-8-14-22(17)32-23(34)15-16-33-26(35)24-25(27(33)36)29(31)19-11-5-4-10-18(19)28(24,30)20-12-6-7-13-21(20)29/h3-14,24-25H,2,15-16H2,1H3,(H,32,34)/t24-,25-,28?,29?/m0/s1. The Hall–Kier alpha value is -3.15. The molecule has 182 valence electrons. The summed E-state index contributed by atoms with van der Waals surface area (Å²) in [4.78, 5) is 39.2. The van der Waals surface area contributed by atoms with Crippen LogP contribution in [0.15, 0.2) is 72.8 Å². The second-order valence-corrected chi connectivity index (χ2v) is 10.8. The number of alkyl halides is 2. The van der Waals surface area contributed by atoms with Crippen LogP contribution in [0.25, 0.3) is 0 Å². The van der Waals surface area contributed by atoms with Crippen molar-refractivity contribution in [1.29, 1.82) is 0 Å². The summed E-state index contributed by atoms with van der Waals surface area (Å²) in [6.07, 6.45) is 0.763. The van der Waals surface area contributed by atoms with Crippen LogP contribution in [0.1, 0.15) is 41.2 Å². The lowest BCUT2D eigenvalue weighted by Gasteiger charge is -2.54. The zero-order valence-corrected chi connectivity index (χ0v) is 21.1. The maximum atomic E-state index is 13.8. The normalized spacial score (nSPS) is 27.5. The van der Waals surface area contributed by atoms with Gasteiger partial charge >= 0.3 is 0 Å². The maximum Gasteiger partial charge on any atom is 0.235 e. The van der Waals surface area contributed by atoms with E-state index in [9.17, 15) is 14.4 Å². The van der Waals surface area contributed by atoms with Crippen LogP contribution in [0.3, 0.4) is 0 Å². The first kappa shape index (κ1) is 23.3. The lowest BCUT2D eigenvalue weighted by Crippen LogP contribution is -2.57. The van der Waals surface area contributed by atoms with E-state index in [0.29, 0.717) is 0 Å². The average Bonchev–Trinajstić information content (AvgIpc) is 3.16. The lowest BCUT2D eigenvalue weighted by atomic mass is 9.54. The molecule has 1 heterocycles. The SMILES string of the molecule is CCc1ccccc1NC(=O)CCN1C(=O)[C@@H]2[C@@H](C1=O)C1(Cl)c3ccccc3C2(Cl)c2ccccc21. The number of rotatable bonds is 5. The summed E-state index contributed by atoms with van der Waals surface area (Å²) in [6, 6.07) is 22.7. The van der Waals surface area contributed by atoms with Gasteiger partial charge in [0, 0.05) is 18.7 Å². The van der Waals surface area contributed by atoms with E-state index in [1.807, 2.05) is 79.7 Å². The molecular formula is C29H24Cl2N2O3. The van der Waals surface area contributed by atoms with Crippen LogP contribution >= 0.6 is 23.2 Å². The summed E-state index contributed by atoms with van der Waals surface area (Å²) in [5.74, 6) is -2.72. The molecule has 0 spiro atoms. The van der Waals surface area contributed by atoms with Crippen molar-refractivity contribution in [3.63, 3.8) is 0 Å². The summed E-state index contributed by atoms with van der Waals surface area (Å²) in [6.45, 7) is 1.99. The maximum absolute atomic E-state index is 13.8. The molecule has 1 aliphatic heterocycles. The third kappa shape index (κ3) is 2.93. The molecule has 0 radical (unpaired) electrons. The van der Waals surface area contributed by atoms with Crippen LogP contribution in [0, 0.1) is 11.8 Å². The van der Waals surface area contributed by atoms with Crippen LogP contribution in [0.4, 0.5) is 5.69 Å². The summed E-state index contributed by atoms with van der Waals surface area (Å²) in [5.41, 5.74) is 4.81. The van der Waals surface area contributed by atoms with E-state index in [4.69, 9.17) is 23.2 Å². The highest BCUT2D eigenvalue weighted by atomic mass is 35.5. The monoisotopic (exact) mass is 518 g/mol. The van der Waals surface area contributed by atoms with Gasteiger partial charge in [-0.3, -0.25) is 19.3 Å². The Bertz CT molecular complexity index is 1310. The molecule has 2 atom stereocenters. The Morgan fingerprint density at radius 1 is 0.806 bits per heavy atom. The highest BCUT2D eigenvalue weighted by Gasteiger charge is 2.72. The minimum atomic E-state index is -1.21. The molecule has 0 aromatic heterocycles. The van der Waals surface area contributed by atoms with E-state index in [-0.39, 0.29) is 30.7 Å². The van der Waals surface area contributed by atoms with Crippen LogP contribution in [-0.4, -0.2) is 29.2 Å². The molecule has 4 aliphatic rings. The van der Waals surface area contributed by atoms with Gasteiger partial charge in [-0.15, -0.1) is 23.2 Å². The molecule has 7 heteroatoms. The number of aryl methyl sites for hydroxylation is 1. The first-order chi connectivity index (χ1) is 17.3. The smallest absolute Gasteiger partial charge is 0.235 e. The van der Waals surface area contributed by atoms with Gasteiger partial charge in [0.25, 0.3) is 0 Å². The van der Waals surface area contributed by atoms with E-state index >= 15 is 0 Å². The predicted molar refractivity (Wildman–Crippen MR) is 139 cm³/mol. The van der Waals surface area contributed by atoms with Crippen molar-refractivity contribution < 1.29 is 14.4 Å². The zero-order chi connectivity index (χ0) is 25.2. The molecule has 3 aromatic rings. The second-order valence-electron chi connectivity index (χ2n) is 9.61. The summed E-state index contributed by atoms with van der Waals surface area (Å²) in [5, 5.41) is 2.91. The molecule has 3 aromatic carbocycles. The zero-order valence-electron chi connectivity index (χ0n) is 19.6. The first-order valence-corrected chi connectivity index (χ1v) is 12.9. The molecule has 1 N–H and O–H groups in total. The summed E-state index contributed by atoms with van der Waals surface area (Å²) >= 11 is 14.8. The van der Waals surface area contributed by atoms with Crippen molar-refractivity contribution in [3.05, 3.63) is 101 Å². The number of halogens is 2. The van der Waals surface area contributed by atoms with Gasteiger partial charge in [-0.05, 0) is 40.3 Å². The van der Waals surface area contributed by atoms with Gasteiger partial charge in [-0.1, -0.05) is 73.7 Å². The lowest BCUT2D eigenvalue weighted by molar-refractivity contribution is -0.140. The van der Waals surface area contributed by atoms with Crippen molar-refractivity contribution in [2.45, 2.75) is 29.5 Å². The Kier molecular flexibility index (Phi) is 5.29. The van der Waals surface area contributed by atoms with Crippen molar-refractivity contribution in [2.75, 3.05) is 11.9 Å². The number of carbonyl (C=O) groups excluding carboxylic acids is 3. The number of hydrogen-bond acceptors (Lipinski definition) is 3. The molecule has 3 amide bonds. The van der Waals surface area contributed by atoms with Crippen molar-refractivity contribution in [2.24, 2.45) is 11.8 Å². The third-order valence-electron chi connectivity index (χ3n) is 7.91. The highest BCUT2D eigenvalue weighted by molar-refractivity contribution is 6.36. The molecule has 2 bridgehead atoms. The van der Waals surface area contributed by atoms with Crippen LogP contribution in [-0.2, 0) is 30.6 Å².